The number of hydrazone groups is 1. The summed E-state index contributed by atoms with van der Waals surface area (Å²) < 4.78 is 12.2. The van der Waals surface area contributed by atoms with Crippen LogP contribution in [0.1, 0.15) is 24.8 Å². The summed E-state index contributed by atoms with van der Waals surface area (Å²) in [6.45, 7) is -0.380. The van der Waals surface area contributed by atoms with Crippen LogP contribution in [0.4, 0.5) is 10.1 Å². The summed E-state index contributed by atoms with van der Waals surface area (Å²) in [5.74, 6) is -2.27. The summed E-state index contributed by atoms with van der Waals surface area (Å²) in [4.78, 5) is 22.1. The van der Waals surface area contributed by atoms with Crippen LogP contribution in [0.15, 0.2) is 29.4 Å². The average molecular weight is 337 g/mol. The van der Waals surface area contributed by atoms with Crippen molar-refractivity contribution in [2.24, 2.45) is 10.8 Å². The Labute approximate surface area is 138 Å². The van der Waals surface area contributed by atoms with Gasteiger partial charge >= 0.3 is 11.9 Å². The Morgan fingerprint density at radius 2 is 2.00 bits per heavy atom. The van der Waals surface area contributed by atoms with Crippen LogP contribution in [-0.4, -0.2) is 46.6 Å². The zero-order valence-corrected chi connectivity index (χ0v) is 13.1. The van der Waals surface area contributed by atoms with Crippen LogP contribution in [0.5, 0.6) is 0 Å². The highest BCUT2D eigenvalue weighted by Crippen LogP contribution is 2.27. The van der Waals surface area contributed by atoms with Crippen molar-refractivity contribution in [1.82, 2.24) is 0 Å². The first-order valence-corrected chi connectivity index (χ1v) is 7.65. The molecule has 0 bridgehead atoms. The van der Waals surface area contributed by atoms with Crippen LogP contribution in [0.3, 0.4) is 0 Å². The largest absolute Gasteiger partial charge is 0.480 e. The molecule has 0 amide bonds. The minimum Gasteiger partial charge on any atom is -0.480 e. The van der Waals surface area contributed by atoms with Gasteiger partial charge in [-0.05, 0) is 37.0 Å². The molecule has 1 aromatic rings. The molecule has 0 fully saturated rings. The fraction of sp³-hybridized carbons (Fsp3) is 0.438. The second-order valence-electron chi connectivity index (χ2n) is 5.69. The summed E-state index contributed by atoms with van der Waals surface area (Å²) >= 11 is 0. The molecule has 2 rings (SSSR count). The zero-order valence-electron chi connectivity index (χ0n) is 13.1. The summed E-state index contributed by atoms with van der Waals surface area (Å²) in [5.41, 5.74) is 7.17. The number of hydrogen-bond acceptors (Lipinski definition) is 5. The van der Waals surface area contributed by atoms with Gasteiger partial charge in [0.1, 0.15) is 11.8 Å². The van der Waals surface area contributed by atoms with E-state index in [9.17, 15) is 14.0 Å². The Hall–Kier alpha value is -2.48. The van der Waals surface area contributed by atoms with Crippen LogP contribution in [-0.2, 0) is 16.0 Å². The molecule has 0 aromatic heterocycles. The molecular formula is C16H20FN3O4. The smallest absolute Gasteiger partial charge is 0.352 e. The van der Waals surface area contributed by atoms with Crippen LogP contribution in [0, 0.1) is 0 Å². The lowest BCUT2D eigenvalue weighted by molar-refractivity contribution is -0.138. The molecule has 1 aromatic carbocycles. The maximum Gasteiger partial charge on any atom is 0.352 e. The number of aliphatic carboxylic acids is 2. The molecule has 0 saturated carbocycles. The summed E-state index contributed by atoms with van der Waals surface area (Å²) in [7, 11) is 0. The van der Waals surface area contributed by atoms with Gasteiger partial charge in [0.2, 0.25) is 0 Å². The highest BCUT2D eigenvalue weighted by Gasteiger charge is 2.33. The monoisotopic (exact) mass is 337 g/mol. The van der Waals surface area contributed by atoms with E-state index in [0.29, 0.717) is 18.5 Å². The number of nitrogens with two attached hydrogens (primary N) is 1. The van der Waals surface area contributed by atoms with Gasteiger partial charge in [-0.2, -0.15) is 5.10 Å². The molecule has 1 aliphatic heterocycles. The molecule has 0 aliphatic carbocycles. The number of nitrogens with zero attached hydrogens (tertiary/aromatic N) is 2. The van der Waals surface area contributed by atoms with Crippen molar-refractivity contribution in [3.8, 4) is 0 Å². The van der Waals surface area contributed by atoms with Crippen molar-refractivity contribution in [3.63, 3.8) is 0 Å². The Morgan fingerprint density at radius 1 is 1.33 bits per heavy atom. The van der Waals surface area contributed by atoms with Gasteiger partial charge < -0.3 is 15.9 Å². The van der Waals surface area contributed by atoms with Crippen LogP contribution < -0.4 is 10.7 Å². The molecule has 4 N–H and O–H groups in total. The van der Waals surface area contributed by atoms with E-state index in [4.69, 9.17) is 15.9 Å². The topological polar surface area (TPSA) is 116 Å². The predicted octanol–water partition coefficient (Wildman–Crippen LogP) is 1.41. The van der Waals surface area contributed by atoms with Gasteiger partial charge in [-0.15, -0.1) is 0 Å². The minimum absolute atomic E-state index is 0.0286. The van der Waals surface area contributed by atoms with Gasteiger partial charge in [0, 0.05) is 6.42 Å². The Morgan fingerprint density at radius 3 is 2.54 bits per heavy atom. The highest BCUT2D eigenvalue weighted by molar-refractivity contribution is 6.36. The van der Waals surface area contributed by atoms with Gasteiger partial charge in [0.05, 0.1) is 18.4 Å². The fourth-order valence-electron chi connectivity index (χ4n) is 2.62. The van der Waals surface area contributed by atoms with Gasteiger partial charge in [-0.25, -0.2) is 4.79 Å². The van der Waals surface area contributed by atoms with Crippen LogP contribution >= 0.6 is 0 Å². The third kappa shape index (κ3) is 4.29. The second-order valence-corrected chi connectivity index (χ2v) is 5.69. The summed E-state index contributed by atoms with van der Waals surface area (Å²) in [6.07, 6.45) is 1.27. The molecule has 1 heterocycles. The van der Waals surface area contributed by atoms with Crippen molar-refractivity contribution < 1.29 is 24.2 Å². The molecule has 130 valence electrons. The molecule has 2 atom stereocenters. The van der Waals surface area contributed by atoms with Crippen molar-refractivity contribution >= 4 is 23.3 Å². The fourth-order valence-corrected chi connectivity index (χ4v) is 2.62. The molecule has 7 nitrogen and oxygen atoms in total. The van der Waals surface area contributed by atoms with E-state index in [2.05, 4.69) is 5.10 Å². The van der Waals surface area contributed by atoms with Gasteiger partial charge in [0.25, 0.3) is 0 Å². The third-order valence-corrected chi connectivity index (χ3v) is 3.89. The third-order valence-electron chi connectivity index (χ3n) is 3.89. The highest BCUT2D eigenvalue weighted by atomic mass is 19.1. The zero-order chi connectivity index (χ0) is 17.7. The first kappa shape index (κ1) is 17.9. The van der Waals surface area contributed by atoms with Crippen molar-refractivity contribution in [2.75, 3.05) is 11.7 Å². The van der Waals surface area contributed by atoms with E-state index in [0.717, 1.165) is 5.56 Å². The maximum absolute atomic E-state index is 12.2. The molecule has 0 spiro atoms. The Bertz CT molecular complexity index is 633. The summed E-state index contributed by atoms with van der Waals surface area (Å²) in [5, 5.41) is 23.7. The van der Waals surface area contributed by atoms with Gasteiger partial charge in [-0.1, -0.05) is 12.1 Å². The number of aryl methyl sites for hydroxylation is 1. The maximum atomic E-state index is 12.2. The molecule has 1 aliphatic rings. The number of hydrogen-bond donors (Lipinski definition) is 3. The number of carboxylic acid groups (broad SMARTS) is 2. The van der Waals surface area contributed by atoms with E-state index in [-0.39, 0.29) is 25.2 Å². The first-order valence-electron chi connectivity index (χ1n) is 7.65. The van der Waals surface area contributed by atoms with Crippen molar-refractivity contribution in [2.45, 2.75) is 37.8 Å². The Balaban J connectivity index is 2.18. The molecule has 1 unspecified atom stereocenters. The Kier molecular flexibility index (Phi) is 5.86. The average Bonchev–Trinajstić information content (AvgIpc) is 2.97. The van der Waals surface area contributed by atoms with E-state index in [1.807, 2.05) is 12.1 Å². The lowest BCUT2D eigenvalue weighted by Gasteiger charge is -2.25. The number of halogens is 1. The number of alkyl halides is 1. The van der Waals surface area contributed by atoms with E-state index in [1.54, 1.807) is 12.1 Å². The number of benzene rings is 1. The number of anilines is 1. The normalized spacial score (nSPS) is 18.3. The van der Waals surface area contributed by atoms with Crippen LogP contribution in [0.25, 0.3) is 0 Å². The molecule has 0 radical (unpaired) electrons. The quantitative estimate of drug-likeness (QED) is 0.660. The standard InChI is InChI=1S/C16H20FN3O4/c17-7-1-2-10-3-5-11(6-4-10)20-12(8-13(18)15(21)22)9-14(19-20)16(23)24/h3-6,12-13H,1-2,7-9,18H2,(H,21,22)(H,23,24)/t12-,13?/m0/s1. The molecular weight excluding hydrogens is 317 g/mol. The minimum atomic E-state index is -1.14. The van der Waals surface area contributed by atoms with Crippen molar-refractivity contribution in [1.29, 1.82) is 0 Å². The first-order chi connectivity index (χ1) is 11.4. The lowest BCUT2D eigenvalue weighted by Crippen LogP contribution is -2.38. The lowest BCUT2D eigenvalue weighted by atomic mass is 10.0. The van der Waals surface area contributed by atoms with Gasteiger partial charge in [0.15, 0.2) is 0 Å². The molecule has 24 heavy (non-hydrogen) atoms. The van der Waals surface area contributed by atoms with E-state index < -0.39 is 24.0 Å². The molecule has 8 heteroatoms. The number of rotatable bonds is 8. The van der Waals surface area contributed by atoms with Gasteiger partial charge in [-0.3, -0.25) is 14.2 Å². The van der Waals surface area contributed by atoms with Crippen molar-refractivity contribution in [3.05, 3.63) is 29.8 Å². The van der Waals surface area contributed by atoms with E-state index >= 15 is 0 Å². The molecule has 0 saturated heterocycles. The van der Waals surface area contributed by atoms with Crippen LogP contribution in [0.2, 0.25) is 0 Å². The predicted molar refractivity (Wildman–Crippen MR) is 86.9 cm³/mol. The van der Waals surface area contributed by atoms with E-state index in [1.165, 1.54) is 5.01 Å². The summed E-state index contributed by atoms with van der Waals surface area (Å²) in [6, 6.07) is 5.66. The second kappa shape index (κ2) is 7.87. The number of carboxylic acids is 2. The number of carbonyl (C=O) groups is 2. The SMILES string of the molecule is NC(C[C@H]1CC(C(=O)O)=NN1c1ccc(CCCF)cc1)C(=O)O.